The molecule has 1 aliphatic carbocycles. The Hall–Kier alpha value is -0.0800. The first kappa shape index (κ1) is 4.09. The lowest BCUT2D eigenvalue weighted by molar-refractivity contribution is 0.156. The first-order valence-electron chi connectivity index (χ1n) is 2.24. The lowest BCUT2D eigenvalue weighted by Gasteiger charge is -1.83. The SMILES string of the molecule is CC1CC1NO. The van der Waals surface area contributed by atoms with Crippen LogP contribution in [0.1, 0.15) is 13.3 Å². The van der Waals surface area contributed by atoms with Crippen LogP contribution >= 0.6 is 0 Å². The second-order valence-corrected chi connectivity index (χ2v) is 1.95. The van der Waals surface area contributed by atoms with Crippen molar-refractivity contribution in [2.24, 2.45) is 5.92 Å². The average Bonchev–Trinajstić information content (AvgIpc) is 2.19. The summed E-state index contributed by atoms with van der Waals surface area (Å²) < 4.78 is 0. The maximum absolute atomic E-state index is 8.13. The Bertz CT molecular complexity index is 53.5. The molecule has 2 N–H and O–H groups in total. The summed E-state index contributed by atoms with van der Waals surface area (Å²) in [7, 11) is 0. The third kappa shape index (κ3) is 0.533. The molecule has 0 aliphatic heterocycles. The van der Waals surface area contributed by atoms with Gasteiger partial charge >= 0.3 is 0 Å². The van der Waals surface area contributed by atoms with Gasteiger partial charge in [-0.05, 0) is 12.3 Å². The van der Waals surface area contributed by atoms with Gasteiger partial charge in [0.2, 0.25) is 0 Å². The summed E-state index contributed by atoms with van der Waals surface area (Å²) >= 11 is 0. The van der Waals surface area contributed by atoms with Crippen LogP contribution in [-0.2, 0) is 0 Å². The first-order chi connectivity index (χ1) is 2.84. The highest BCUT2D eigenvalue weighted by Crippen LogP contribution is 2.27. The number of hydrogen-bond acceptors (Lipinski definition) is 2. The molecule has 0 bridgehead atoms. The molecule has 0 amide bonds. The van der Waals surface area contributed by atoms with Crippen LogP contribution in [-0.4, -0.2) is 11.2 Å². The molecule has 1 saturated carbocycles. The van der Waals surface area contributed by atoms with Crippen molar-refractivity contribution in [1.29, 1.82) is 0 Å². The molecule has 0 heterocycles. The van der Waals surface area contributed by atoms with Gasteiger partial charge in [-0.15, -0.1) is 0 Å². The zero-order valence-corrected chi connectivity index (χ0v) is 3.81. The van der Waals surface area contributed by atoms with Crippen LogP contribution in [0, 0.1) is 5.92 Å². The van der Waals surface area contributed by atoms with Gasteiger partial charge in [-0.2, -0.15) is 0 Å². The minimum atomic E-state index is 0.407. The summed E-state index contributed by atoms with van der Waals surface area (Å²) in [4.78, 5) is 0. The Kier molecular flexibility index (Phi) is 0.821. The maximum atomic E-state index is 8.13. The van der Waals surface area contributed by atoms with Crippen LogP contribution in [0.15, 0.2) is 0 Å². The van der Waals surface area contributed by atoms with Gasteiger partial charge in [0.15, 0.2) is 0 Å². The minimum absolute atomic E-state index is 0.407. The van der Waals surface area contributed by atoms with Crippen LogP contribution in [0.4, 0.5) is 0 Å². The van der Waals surface area contributed by atoms with Crippen LogP contribution in [0.25, 0.3) is 0 Å². The highest BCUT2D eigenvalue weighted by molar-refractivity contribution is 4.86. The normalized spacial score (nSPS) is 43.0. The van der Waals surface area contributed by atoms with Gasteiger partial charge in [0.1, 0.15) is 0 Å². The lowest BCUT2D eigenvalue weighted by atomic mass is 10.5. The third-order valence-electron chi connectivity index (χ3n) is 1.28. The second kappa shape index (κ2) is 1.21. The van der Waals surface area contributed by atoms with Crippen LogP contribution in [0.5, 0.6) is 0 Å². The highest BCUT2D eigenvalue weighted by atomic mass is 16.5. The molecule has 2 heteroatoms. The fourth-order valence-electron chi connectivity index (χ4n) is 0.502. The molecule has 2 atom stereocenters. The predicted octanol–water partition coefficient (Wildman–Crippen LogP) is 0.374. The molecule has 2 unspecified atom stereocenters. The fourth-order valence-corrected chi connectivity index (χ4v) is 0.502. The van der Waals surface area contributed by atoms with E-state index in [0.29, 0.717) is 12.0 Å². The van der Waals surface area contributed by atoms with Crippen molar-refractivity contribution in [1.82, 2.24) is 5.48 Å². The van der Waals surface area contributed by atoms with Crippen molar-refractivity contribution < 1.29 is 5.21 Å². The summed E-state index contributed by atoms with van der Waals surface area (Å²) in [6.07, 6.45) is 1.14. The molecule has 0 spiro atoms. The fraction of sp³-hybridized carbons (Fsp3) is 1.00. The quantitative estimate of drug-likeness (QED) is 0.453. The number of hydrogen-bond donors (Lipinski definition) is 2. The Morgan fingerprint density at radius 2 is 2.33 bits per heavy atom. The summed E-state index contributed by atoms with van der Waals surface area (Å²) in [5, 5.41) is 8.13. The van der Waals surface area contributed by atoms with E-state index in [0.717, 1.165) is 6.42 Å². The second-order valence-electron chi connectivity index (χ2n) is 1.95. The van der Waals surface area contributed by atoms with E-state index in [9.17, 15) is 0 Å². The highest BCUT2D eigenvalue weighted by Gasteiger charge is 2.31. The molecule has 1 fully saturated rings. The van der Waals surface area contributed by atoms with E-state index in [2.05, 4.69) is 12.4 Å². The Balaban J connectivity index is 2.09. The van der Waals surface area contributed by atoms with E-state index >= 15 is 0 Å². The van der Waals surface area contributed by atoms with Crippen LogP contribution in [0.3, 0.4) is 0 Å². The Morgan fingerprint density at radius 3 is 2.33 bits per heavy atom. The molecular formula is C4H9NO. The zero-order chi connectivity index (χ0) is 4.57. The van der Waals surface area contributed by atoms with E-state index in [4.69, 9.17) is 5.21 Å². The Labute approximate surface area is 37.1 Å². The van der Waals surface area contributed by atoms with E-state index in [1.165, 1.54) is 0 Å². The number of hydroxylamine groups is 1. The van der Waals surface area contributed by atoms with Gasteiger partial charge in [0.25, 0.3) is 0 Å². The maximum Gasteiger partial charge on any atom is 0.0349 e. The van der Waals surface area contributed by atoms with E-state index < -0.39 is 0 Å². The number of nitrogens with one attached hydrogen (secondary N) is 1. The van der Waals surface area contributed by atoms with Crippen molar-refractivity contribution in [2.75, 3.05) is 0 Å². The standard InChI is InChI=1S/C4H9NO/c1-3-2-4(3)5-6/h3-6H,2H2,1H3. The lowest BCUT2D eigenvalue weighted by Crippen LogP contribution is -2.10. The topological polar surface area (TPSA) is 32.3 Å². The summed E-state index contributed by atoms with van der Waals surface area (Å²) in [6, 6.07) is 0.407. The van der Waals surface area contributed by atoms with Crippen LogP contribution in [0.2, 0.25) is 0 Å². The van der Waals surface area contributed by atoms with Crippen molar-refractivity contribution in [3.63, 3.8) is 0 Å². The van der Waals surface area contributed by atoms with Gasteiger partial charge in [-0.25, -0.2) is 5.48 Å². The molecule has 2 nitrogen and oxygen atoms in total. The predicted molar refractivity (Wildman–Crippen MR) is 22.5 cm³/mol. The van der Waals surface area contributed by atoms with Crippen LogP contribution < -0.4 is 5.48 Å². The zero-order valence-electron chi connectivity index (χ0n) is 3.81. The summed E-state index contributed by atoms with van der Waals surface area (Å²) in [6.45, 7) is 2.11. The molecule has 0 aromatic heterocycles. The van der Waals surface area contributed by atoms with E-state index in [1.54, 1.807) is 0 Å². The summed E-state index contributed by atoms with van der Waals surface area (Å²) in [5.74, 6) is 0.704. The van der Waals surface area contributed by atoms with Gasteiger partial charge in [0.05, 0.1) is 0 Å². The van der Waals surface area contributed by atoms with Gasteiger partial charge in [0, 0.05) is 6.04 Å². The third-order valence-corrected chi connectivity index (χ3v) is 1.28. The van der Waals surface area contributed by atoms with Crippen molar-refractivity contribution in [2.45, 2.75) is 19.4 Å². The molecule has 0 saturated heterocycles. The molecule has 0 radical (unpaired) electrons. The average molecular weight is 87.1 g/mol. The Morgan fingerprint density at radius 1 is 1.83 bits per heavy atom. The largest absolute Gasteiger partial charge is 0.317 e. The minimum Gasteiger partial charge on any atom is -0.317 e. The summed E-state index contributed by atoms with van der Waals surface area (Å²) in [5.41, 5.74) is 2.19. The molecule has 6 heavy (non-hydrogen) atoms. The molecular weight excluding hydrogens is 78.0 g/mol. The molecule has 0 aromatic carbocycles. The van der Waals surface area contributed by atoms with Gasteiger partial charge < -0.3 is 5.21 Å². The molecule has 0 aromatic rings. The number of rotatable bonds is 1. The van der Waals surface area contributed by atoms with Gasteiger partial charge in [-0.1, -0.05) is 6.92 Å². The van der Waals surface area contributed by atoms with Crippen molar-refractivity contribution >= 4 is 0 Å². The van der Waals surface area contributed by atoms with Gasteiger partial charge in [-0.3, -0.25) is 0 Å². The van der Waals surface area contributed by atoms with Crippen molar-refractivity contribution in [3.8, 4) is 0 Å². The monoisotopic (exact) mass is 87.1 g/mol. The molecule has 1 aliphatic rings. The smallest absolute Gasteiger partial charge is 0.0349 e. The molecule has 36 valence electrons. The first-order valence-corrected chi connectivity index (χ1v) is 2.24. The van der Waals surface area contributed by atoms with E-state index in [-0.39, 0.29) is 0 Å². The van der Waals surface area contributed by atoms with Crippen molar-refractivity contribution in [3.05, 3.63) is 0 Å². The molecule has 1 rings (SSSR count). The van der Waals surface area contributed by atoms with E-state index in [1.807, 2.05) is 0 Å².